The first-order chi connectivity index (χ1) is 10.7. The van der Waals surface area contributed by atoms with Crippen LogP contribution >= 0.6 is 52.1 Å². The van der Waals surface area contributed by atoms with Crippen LogP contribution in [0.2, 0.25) is 0 Å². The molecule has 1 heterocycles. The summed E-state index contributed by atoms with van der Waals surface area (Å²) in [4.78, 5) is 16.4. The molecular formula is C16H22BrCl2N3OS. The smallest absolute Gasteiger partial charge is 0.226 e. The lowest BCUT2D eigenvalue weighted by molar-refractivity contribution is -0.120. The first-order valence-electron chi connectivity index (χ1n) is 7.37. The van der Waals surface area contributed by atoms with E-state index < -0.39 is 0 Å². The molecule has 0 radical (unpaired) electrons. The van der Waals surface area contributed by atoms with Crippen molar-refractivity contribution in [3.8, 4) is 10.6 Å². The molecule has 0 saturated carbocycles. The molecular weight excluding hydrogens is 433 g/mol. The minimum atomic E-state index is 0. The van der Waals surface area contributed by atoms with Gasteiger partial charge in [0.05, 0.1) is 12.1 Å². The molecule has 4 nitrogen and oxygen atoms in total. The zero-order valence-corrected chi connectivity index (χ0v) is 17.4. The average Bonchev–Trinajstić information content (AvgIpc) is 2.95. The molecule has 1 aromatic heterocycles. The van der Waals surface area contributed by atoms with E-state index in [9.17, 15) is 4.79 Å². The number of carbonyl (C=O) groups is 1. The first kappa shape index (κ1) is 23.3. The van der Waals surface area contributed by atoms with Gasteiger partial charge in [-0.05, 0) is 25.1 Å². The van der Waals surface area contributed by atoms with Crippen molar-refractivity contribution in [2.75, 3.05) is 19.6 Å². The van der Waals surface area contributed by atoms with Crippen LogP contribution in [0, 0.1) is 0 Å². The Morgan fingerprint density at radius 1 is 1.25 bits per heavy atom. The largest absolute Gasteiger partial charge is 0.354 e. The van der Waals surface area contributed by atoms with E-state index in [4.69, 9.17) is 0 Å². The zero-order valence-electron chi connectivity index (χ0n) is 13.4. The van der Waals surface area contributed by atoms with E-state index in [1.807, 2.05) is 29.6 Å². The lowest BCUT2D eigenvalue weighted by Crippen LogP contribution is -2.33. The molecule has 1 aromatic carbocycles. The number of carbonyl (C=O) groups excluding carboxylic acids is 1. The minimum Gasteiger partial charge on any atom is -0.354 e. The Morgan fingerprint density at radius 3 is 2.75 bits per heavy atom. The Kier molecular flexibility index (Phi) is 12.3. The standard InChI is InChI=1S/C16H20BrN3OS.2ClH/c1-2-6-18-7-8-19-15(21)10-14-11-22-16(20-14)12-4-3-5-13(17)9-12;;/h3-5,9,11,18H,2,6-8,10H2,1H3,(H,19,21);2*1H. The molecule has 8 heteroatoms. The van der Waals surface area contributed by atoms with Crippen molar-refractivity contribution >= 4 is 58.0 Å². The molecule has 0 saturated heterocycles. The number of benzene rings is 1. The van der Waals surface area contributed by atoms with E-state index in [-0.39, 0.29) is 30.7 Å². The van der Waals surface area contributed by atoms with Crippen molar-refractivity contribution in [3.63, 3.8) is 0 Å². The van der Waals surface area contributed by atoms with E-state index in [2.05, 4.69) is 38.5 Å². The molecule has 0 fully saturated rings. The van der Waals surface area contributed by atoms with Crippen molar-refractivity contribution in [2.45, 2.75) is 19.8 Å². The predicted octanol–water partition coefficient (Wildman–Crippen LogP) is 4.07. The second kappa shape index (κ2) is 12.7. The van der Waals surface area contributed by atoms with Gasteiger partial charge in [-0.3, -0.25) is 4.79 Å². The van der Waals surface area contributed by atoms with Gasteiger partial charge in [0.2, 0.25) is 5.91 Å². The summed E-state index contributed by atoms with van der Waals surface area (Å²) in [6.07, 6.45) is 1.43. The molecule has 0 unspecified atom stereocenters. The number of nitrogens with zero attached hydrogens (tertiary/aromatic N) is 1. The summed E-state index contributed by atoms with van der Waals surface area (Å²) in [5, 5.41) is 9.04. The number of aromatic nitrogens is 1. The third-order valence-electron chi connectivity index (χ3n) is 3.02. The second-order valence-electron chi connectivity index (χ2n) is 4.93. The highest BCUT2D eigenvalue weighted by Gasteiger charge is 2.09. The highest BCUT2D eigenvalue weighted by atomic mass is 79.9. The first-order valence-corrected chi connectivity index (χ1v) is 9.04. The Balaban J connectivity index is 0.00000264. The molecule has 24 heavy (non-hydrogen) atoms. The number of halogens is 3. The summed E-state index contributed by atoms with van der Waals surface area (Å²) in [5.74, 6) is 0.0180. The third kappa shape index (κ3) is 7.94. The highest BCUT2D eigenvalue weighted by molar-refractivity contribution is 9.10. The molecule has 2 N–H and O–H groups in total. The van der Waals surface area contributed by atoms with E-state index in [1.165, 1.54) is 0 Å². The topological polar surface area (TPSA) is 54.0 Å². The van der Waals surface area contributed by atoms with Gasteiger partial charge < -0.3 is 10.6 Å². The number of amides is 1. The van der Waals surface area contributed by atoms with Crippen molar-refractivity contribution in [2.24, 2.45) is 0 Å². The molecule has 0 bridgehead atoms. The maximum Gasteiger partial charge on any atom is 0.226 e. The fourth-order valence-corrected chi connectivity index (χ4v) is 3.18. The third-order valence-corrected chi connectivity index (χ3v) is 4.45. The maximum atomic E-state index is 11.9. The van der Waals surface area contributed by atoms with Crippen molar-refractivity contribution in [3.05, 3.63) is 39.8 Å². The lowest BCUT2D eigenvalue weighted by Gasteiger charge is -2.05. The Morgan fingerprint density at radius 2 is 2.04 bits per heavy atom. The van der Waals surface area contributed by atoms with Gasteiger partial charge in [0.15, 0.2) is 0 Å². The van der Waals surface area contributed by atoms with Crippen molar-refractivity contribution < 1.29 is 4.79 Å². The normalized spacial score (nSPS) is 9.75. The molecule has 0 aliphatic carbocycles. The van der Waals surface area contributed by atoms with Crippen LogP contribution in [0.4, 0.5) is 0 Å². The maximum absolute atomic E-state index is 11.9. The quantitative estimate of drug-likeness (QED) is 0.591. The molecule has 2 rings (SSSR count). The van der Waals surface area contributed by atoms with E-state index in [0.29, 0.717) is 13.0 Å². The number of hydrogen-bond acceptors (Lipinski definition) is 4. The Bertz CT molecular complexity index is 625. The number of rotatable bonds is 8. The zero-order chi connectivity index (χ0) is 15.8. The predicted molar refractivity (Wildman–Crippen MR) is 110 cm³/mol. The monoisotopic (exact) mass is 453 g/mol. The summed E-state index contributed by atoms with van der Waals surface area (Å²) in [6, 6.07) is 8.02. The van der Waals surface area contributed by atoms with Gasteiger partial charge in [0, 0.05) is 28.5 Å². The van der Waals surface area contributed by atoms with Crippen LogP contribution in [0.15, 0.2) is 34.1 Å². The van der Waals surface area contributed by atoms with Gasteiger partial charge >= 0.3 is 0 Å². The van der Waals surface area contributed by atoms with Crippen LogP contribution < -0.4 is 10.6 Å². The van der Waals surface area contributed by atoms with Gasteiger partial charge in [-0.1, -0.05) is 35.0 Å². The van der Waals surface area contributed by atoms with Crippen LogP contribution in [0.25, 0.3) is 10.6 Å². The van der Waals surface area contributed by atoms with Gasteiger partial charge in [-0.25, -0.2) is 4.98 Å². The molecule has 2 aromatic rings. The lowest BCUT2D eigenvalue weighted by atomic mass is 10.2. The van der Waals surface area contributed by atoms with E-state index in [1.54, 1.807) is 11.3 Å². The summed E-state index contributed by atoms with van der Waals surface area (Å²) in [7, 11) is 0. The minimum absolute atomic E-state index is 0. The van der Waals surface area contributed by atoms with Crippen LogP contribution in [0.5, 0.6) is 0 Å². The number of nitrogens with one attached hydrogen (secondary N) is 2. The summed E-state index contributed by atoms with van der Waals surface area (Å²) in [5.41, 5.74) is 1.88. The van der Waals surface area contributed by atoms with Crippen molar-refractivity contribution in [1.29, 1.82) is 0 Å². The van der Waals surface area contributed by atoms with E-state index in [0.717, 1.165) is 40.2 Å². The number of thiazole rings is 1. The van der Waals surface area contributed by atoms with Gasteiger partial charge in [0.1, 0.15) is 5.01 Å². The van der Waals surface area contributed by atoms with Gasteiger partial charge in [0.25, 0.3) is 0 Å². The van der Waals surface area contributed by atoms with Crippen LogP contribution in [0.3, 0.4) is 0 Å². The Hall–Kier alpha value is -0.660. The van der Waals surface area contributed by atoms with Gasteiger partial charge in [-0.15, -0.1) is 36.2 Å². The average molecular weight is 455 g/mol. The fraction of sp³-hybridized carbons (Fsp3) is 0.375. The van der Waals surface area contributed by atoms with Crippen LogP contribution in [-0.4, -0.2) is 30.5 Å². The highest BCUT2D eigenvalue weighted by Crippen LogP contribution is 2.26. The Labute approximate surface area is 167 Å². The fourth-order valence-electron chi connectivity index (χ4n) is 1.96. The molecule has 1 amide bonds. The molecule has 0 aliphatic heterocycles. The SMILES string of the molecule is CCCNCCNC(=O)Cc1csc(-c2cccc(Br)c2)n1.Cl.Cl. The summed E-state index contributed by atoms with van der Waals surface area (Å²) >= 11 is 5.02. The van der Waals surface area contributed by atoms with Gasteiger partial charge in [-0.2, -0.15) is 0 Å². The number of hydrogen-bond donors (Lipinski definition) is 2. The molecule has 134 valence electrons. The van der Waals surface area contributed by atoms with Crippen LogP contribution in [0.1, 0.15) is 19.0 Å². The van der Waals surface area contributed by atoms with Crippen LogP contribution in [-0.2, 0) is 11.2 Å². The molecule has 0 spiro atoms. The molecule has 0 aliphatic rings. The second-order valence-corrected chi connectivity index (χ2v) is 6.70. The summed E-state index contributed by atoms with van der Waals surface area (Å²) < 4.78 is 1.03. The molecule has 0 atom stereocenters. The van der Waals surface area contributed by atoms with E-state index >= 15 is 0 Å². The van der Waals surface area contributed by atoms with Crippen molar-refractivity contribution in [1.82, 2.24) is 15.6 Å². The summed E-state index contributed by atoms with van der Waals surface area (Å²) in [6.45, 7) is 4.57.